The van der Waals surface area contributed by atoms with Gasteiger partial charge >= 0.3 is 5.97 Å². The minimum absolute atomic E-state index is 0.0889. The second kappa shape index (κ2) is 30.4. The molecule has 6 nitrogen and oxygen atoms in total. The van der Waals surface area contributed by atoms with Gasteiger partial charge in [0.1, 0.15) is 6.04 Å². The van der Waals surface area contributed by atoms with E-state index in [4.69, 9.17) is 0 Å². The van der Waals surface area contributed by atoms with E-state index in [-0.39, 0.29) is 11.8 Å². The fourth-order valence-corrected chi connectivity index (χ4v) is 5.21. The molecule has 0 aliphatic rings. The van der Waals surface area contributed by atoms with E-state index >= 15 is 0 Å². The van der Waals surface area contributed by atoms with Crippen LogP contribution in [0, 0.1) is 0 Å². The third-order valence-corrected chi connectivity index (χ3v) is 7.89. The van der Waals surface area contributed by atoms with E-state index in [1.165, 1.54) is 109 Å². The lowest BCUT2D eigenvalue weighted by Crippen LogP contribution is -2.40. The highest BCUT2D eigenvalue weighted by molar-refractivity contribution is 5.83. The van der Waals surface area contributed by atoms with Gasteiger partial charge < -0.3 is 15.7 Å². The number of carboxylic acid groups (broad SMARTS) is 1. The van der Waals surface area contributed by atoms with E-state index in [1.807, 2.05) is 0 Å². The van der Waals surface area contributed by atoms with Crippen molar-refractivity contribution in [1.29, 1.82) is 0 Å². The van der Waals surface area contributed by atoms with Crippen LogP contribution in [0.15, 0.2) is 0 Å². The molecule has 0 radical (unpaired) electrons. The highest BCUT2D eigenvalue weighted by Crippen LogP contribution is 2.13. The Labute approximate surface area is 247 Å². The van der Waals surface area contributed by atoms with E-state index < -0.39 is 12.0 Å². The van der Waals surface area contributed by atoms with Crippen molar-refractivity contribution >= 4 is 17.8 Å². The van der Waals surface area contributed by atoms with Crippen molar-refractivity contribution in [3.8, 4) is 0 Å². The topological polar surface area (TPSA) is 95.5 Å². The van der Waals surface area contributed by atoms with Crippen LogP contribution in [0.1, 0.15) is 187 Å². The van der Waals surface area contributed by atoms with Gasteiger partial charge in [-0.25, -0.2) is 4.79 Å². The van der Waals surface area contributed by atoms with Crippen LogP contribution in [0.25, 0.3) is 0 Å². The van der Waals surface area contributed by atoms with Crippen molar-refractivity contribution < 1.29 is 19.5 Å². The first-order valence-electron chi connectivity index (χ1n) is 17.3. The van der Waals surface area contributed by atoms with Crippen molar-refractivity contribution in [1.82, 2.24) is 10.6 Å². The second-order valence-electron chi connectivity index (χ2n) is 11.9. The standard InChI is InChI=1S/C34H66N2O4/c1-3-5-7-9-11-13-15-17-19-21-23-28-32(37)35-30-26-25-27-31(34(39)40)36-33(38)29-24-22-20-18-16-14-12-10-8-6-4-2/h31H,3-30H2,1-2H3,(H,35,37)(H,36,38)(H,39,40). The van der Waals surface area contributed by atoms with Crippen LogP contribution in [0.5, 0.6) is 0 Å². The van der Waals surface area contributed by atoms with Crippen LogP contribution < -0.4 is 10.6 Å². The highest BCUT2D eigenvalue weighted by atomic mass is 16.4. The average Bonchev–Trinajstić information content (AvgIpc) is 2.93. The summed E-state index contributed by atoms with van der Waals surface area (Å²) in [6, 6.07) is -0.841. The molecule has 0 bridgehead atoms. The van der Waals surface area contributed by atoms with Crippen LogP contribution in [0.3, 0.4) is 0 Å². The third kappa shape index (κ3) is 28.0. The van der Waals surface area contributed by atoms with Gasteiger partial charge in [0, 0.05) is 19.4 Å². The zero-order valence-electron chi connectivity index (χ0n) is 26.5. The lowest BCUT2D eigenvalue weighted by molar-refractivity contribution is -0.142. The molecule has 1 unspecified atom stereocenters. The predicted molar refractivity (Wildman–Crippen MR) is 169 cm³/mol. The Morgan fingerprint density at radius 1 is 0.500 bits per heavy atom. The summed E-state index contributed by atoms with van der Waals surface area (Å²) in [5.41, 5.74) is 0. The van der Waals surface area contributed by atoms with E-state index in [0.717, 1.165) is 38.5 Å². The number of carbonyl (C=O) groups excluding carboxylic acids is 2. The molecule has 6 heteroatoms. The normalized spacial score (nSPS) is 11.8. The van der Waals surface area contributed by atoms with Crippen LogP contribution in [0.2, 0.25) is 0 Å². The molecule has 236 valence electrons. The fourth-order valence-electron chi connectivity index (χ4n) is 5.21. The monoisotopic (exact) mass is 567 g/mol. The van der Waals surface area contributed by atoms with Gasteiger partial charge in [-0.1, -0.05) is 142 Å². The molecule has 3 N–H and O–H groups in total. The van der Waals surface area contributed by atoms with Crippen LogP contribution in [0.4, 0.5) is 0 Å². The smallest absolute Gasteiger partial charge is 0.326 e. The molecule has 0 heterocycles. The number of amides is 2. The van der Waals surface area contributed by atoms with Gasteiger partial charge in [0.25, 0.3) is 0 Å². The van der Waals surface area contributed by atoms with Gasteiger partial charge in [-0.3, -0.25) is 9.59 Å². The summed E-state index contributed by atoms with van der Waals surface area (Å²) in [5, 5.41) is 15.1. The molecule has 0 spiro atoms. The first kappa shape index (κ1) is 38.4. The lowest BCUT2D eigenvalue weighted by atomic mass is 10.0. The number of carboxylic acids is 1. The Bertz CT molecular complexity index is 596. The Morgan fingerprint density at radius 3 is 1.27 bits per heavy atom. The summed E-state index contributed by atoms with van der Waals surface area (Å²) in [7, 11) is 0. The molecule has 0 saturated heterocycles. The summed E-state index contributed by atoms with van der Waals surface area (Å²) >= 11 is 0. The molecular weight excluding hydrogens is 500 g/mol. The number of aliphatic carboxylic acids is 1. The minimum atomic E-state index is -0.979. The zero-order chi connectivity index (χ0) is 29.5. The number of hydrogen-bond donors (Lipinski definition) is 3. The molecule has 0 aromatic rings. The molecule has 0 aromatic carbocycles. The van der Waals surface area contributed by atoms with Gasteiger partial charge in [-0.15, -0.1) is 0 Å². The molecule has 0 fully saturated rings. The van der Waals surface area contributed by atoms with E-state index in [1.54, 1.807) is 0 Å². The molecule has 0 aromatic heterocycles. The maximum atomic E-state index is 12.2. The van der Waals surface area contributed by atoms with E-state index in [9.17, 15) is 19.5 Å². The summed E-state index contributed by atoms with van der Waals surface area (Å²) in [4.78, 5) is 35.8. The predicted octanol–water partition coefficient (Wildman–Crippen LogP) is 9.24. The number of unbranched alkanes of at least 4 members (excludes halogenated alkanes) is 21. The summed E-state index contributed by atoms with van der Waals surface area (Å²) in [5.74, 6) is -1.05. The maximum absolute atomic E-state index is 12.2. The number of carbonyl (C=O) groups is 3. The van der Waals surface area contributed by atoms with Gasteiger partial charge in [0.05, 0.1) is 0 Å². The van der Waals surface area contributed by atoms with Gasteiger partial charge in [-0.2, -0.15) is 0 Å². The van der Waals surface area contributed by atoms with E-state index in [0.29, 0.717) is 32.2 Å². The first-order chi connectivity index (χ1) is 19.5. The van der Waals surface area contributed by atoms with Crippen LogP contribution in [-0.2, 0) is 14.4 Å². The zero-order valence-corrected chi connectivity index (χ0v) is 26.5. The summed E-state index contributed by atoms with van der Waals surface area (Å²) in [6.45, 7) is 5.06. The fraction of sp³-hybridized carbons (Fsp3) is 0.912. The summed E-state index contributed by atoms with van der Waals surface area (Å²) < 4.78 is 0. The summed E-state index contributed by atoms with van der Waals surface area (Å²) in [6.07, 6.45) is 30.2. The van der Waals surface area contributed by atoms with Crippen molar-refractivity contribution in [3.63, 3.8) is 0 Å². The SMILES string of the molecule is CCCCCCCCCCCCCC(=O)NCCCCC(NC(=O)CCCCCCCCCCCCC)C(=O)O. The van der Waals surface area contributed by atoms with Gasteiger partial charge in [0.2, 0.25) is 11.8 Å². The van der Waals surface area contributed by atoms with E-state index in [2.05, 4.69) is 24.5 Å². The Hall–Kier alpha value is -1.59. The molecule has 2 amide bonds. The molecule has 1 atom stereocenters. The largest absolute Gasteiger partial charge is 0.480 e. The molecule has 0 aliphatic carbocycles. The third-order valence-electron chi connectivity index (χ3n) is 7.89. The molecule has 0 rings (SSSR count). The van der Waals surface area contributed by atoms with Gasteiger partial charge in [-0.05, 0) is 32.1 Å². The second-order valence-corrected chi connectivity index (χ2v) is 11.9. The van der Waals surface area contributed by atoms with Crippen molar-refractivity contribution in [2.75, 3.05) is 6.54 Å². The Balaban J connectivity index is 3.64. The van der Waals surface area contributed by atoms with Crippen LogP contribution in [-0.4, -0.2) is 35.5 Å². The lowest BCUT2D eigenvalue weighted by Gasteiger charge is -2.14. The Kier molecular flexibility index (Phi) is 29.2. The highest BCUT2D eigenvalue weighted by Gasteiger charge is 2.19. The minimum Gasteiger partial charge on any atom is -0.480 e. The van der Waals surface area contributed by atoms with Gasteiger partial charge in [0.15, 0.2) is 0 Å². The number of hydrogen-bond acceptors (Lipinski definition) is 3. The van der Waals surface area contributed by atoms with Crippen molar-refractivity contribution in [3.05, 3.63) is 0 Å². The molecule has 0 saturated carbocycles. The number of nitrogens with one attached hydrogen (secondary N) is 2. The maximum Gasteiger partial charge on any atom is 0.326 e. The first-order valence-corrected chi connectivity index (χ1v) is 17.3. The molecule has 0 aliphatic heterocycles. The van der Waals surface area contributed by atoms with Crippen molar-refractivity contribution in [2.24, 2.45) is 0 Å². The molecule has 40 heavy (non-hydrogen) atoms. The average molecular weight is 567 g/mol. The quantitative estimate of drug-likeness (QED) is 0.0729. The number of rotatable bonds is 31. The Morgan fingerprint density at radius 2 is 0.875 bits per heavy atom. The van der Waals surface area contributed by atoms with Crippen LogP contribution >= 0.6 is 0 Å². The van der Waals surface area contributed by atoms with Crippen molar-refractivity contribution in [2.45, 2.75) is 193 Å². The molecular formula is C34H66N2O4.